The van der Waals surface area contributed by atoms with Crippen LogP contribution in [0, 0.1) is 35.4 Å². The van der Waals surface area contributed by atoms with Crippen molar-refractivity contribution < 1.29 is 9.13 Å². The Morgan fingerprint density at radius 1 is 0.944 bits per heavy atom. The molecule has 0 aromatic heterocycles. The minimum absolute atomic E-state index is 0.136. The highest BCUT2D eigenvalue weighted by Gasteiger charge is 2.34. The Bertz CT molecular complexity index is 874. The van der Waals surface area contributed by atoms with Gasteiger partial charge in [-0.3, -0.25) is 0 Å². The minimum Gasteiger partial charge on any atom is -0.492 e. The van der Waals surface area contributed by atoms with Crippen molar-refractivity contribution in [2.45, 2.75) is 110 Å². The van der Waals surface area contributed by atoms with E-state index in [0.29, 0.717) is 17.9 Å². The van der Waals surface area contributed by atoms with Gasteiger partial charge in [0.05, 0.1) is 6.61 Å². The maximum atomic E-state index is 15.1. The molecule has 0 bridgehead atoms. The number of hydrogen-bond acceptors (Lipinski definition) is 1. The summed E-state index contributed by atoms with van der Waals surface area (Å²) < 4.78 is 20.8. The van der Waals surface area contributed by atoms with Crippen molar-refractivity contribution in [2.24, 2.45) is 29.6 Å². The van der Waals surface area contributed by atoms with E-state index in [1.54, 1.807) is 0 Å². The fourth-order valence-corrected chi connectivity index (χ4v) is 7.50. The summed E-state index contributed by atoms with van der Waals surface area (Å²) in [7, 11) is 0. The first-order valence-corrected chi connectivity index (χ1v) is 15.4. The van der Waals surface area contributed by atoms with Crippen molar-refractivity contribution in [3.63, 3.8) is 0 Å². The van der Waals surface area contributed by atoms with Gasteiger partial charge in [-0.2, -0.15) is 0 Å². The monoisotopic (exact) mass is 514 g/mol. The Kier molecular flexibility index (Phi) is 10.8. The zero-order valence-corrected chi connectivity index (χ0v) is 23.5. The van der Waals surface area contributed by atoms with Crippen LogP contribution in [0.15, 0.2) is 30.4 Å². The summed E-state index contributed by atoms with van der Waals surface area (Å²) in [6.07, 6.45) is 26.3. The van der Waals surface area contributed by atoms with Crippen LogP contribution in [-0.2, 0) is 0 Å². The van der Waals surface area contributed by atoms with E-state index in [9.17, 15) is 0 Å². The molecule has 2 fully saturated rings. The Morgan fingerprint density at radius 2 is 1.61 bits per heavy atom. The molecule has 0 saturated heterocycles. The van der Waals surface area contributed by atoms with Crippen LogP contribution in [0.1, 0.15) is 116 Å². The van der Waals surface area contributed by atoms with Crippen LogP contribution in [0.4, 0.5) is 4.39 Å². The van der Waals surface area contributed by atoms with E-state index < -0.39 is 0 Å². The lowest BCUT2D eigenvalue weighted by atomic mass is 9.65. The fourth-order valence-electron chi connectivity index (χ4n) is 7.28. The number of unbranched alkanes of at least 4 members (excludes halogenated alkanes) is 1. The number of allylic oxidation sites excluding steroid dienone is 4. The molecule has 3 heteroatoms. The predicted molar refractivity (Wildman–Crippen MR) is 152 cm³/mol. The molecule has 0 spiro atoms. The van der Waals surface area contributed by atoms with E-state index in [2.05, 4.69) is 32.1 Å². The summed E-state index contributed by atoms with van der Waals surface area (Å²) in [6, 6.07) is 3.72. The molecule has 0 amide bonds. The molecule has 1 aromatic carbocycles. The Morgan fingerprint density at radius 3 is 2.22 bits per heavy atom. The number of halogens is 2. The van der Waals surface area contributed by atoms with E-state index in [4.69, 9.17) is 16.3 Å². The third-order valence-electron chi connectivity index (χ3n) is 9.62. The molecular formula is C33H48ClFO. The predicted octanol–water partition coefficient (Wildman–Crippen LogP) is 10.8. The Hall–Kier alpha value is -1.28. The molecular weight excluding hydrogens is 467 g/mol. The molecule has 0 heterocycles. The van der Waals surface area contributed by atoms with E-state index in [-0.39, 0.29) is 10.8 Å². The van der Waals surface area contributed by atoms with Crippen LogP contribution >= 0.6 is 11.6 Å². The summed E-state index contributed by atoms with van der Waals surface area (Å²) in [4.78, 5) is 0. The van der Waals surface area contributed by atoms with Gasteiger partial charge in [-0.05, 0) is 131 Å². The lowest BCUT2D eigenvalue weighted by Crippen LogP contribution is -2.28. The third kappa shape index (κ3) is 7.18. The molecule has 2 saturated carbocycles. The van der Waals surface area contributed by atoms with Gasteiger partial charge < -0.3 is 4.74 Å². The van der Waals surface area contributed by atoms with Crippen LogP contribution in [0.5, 0.6) is 5.75 Å². The lowest BCUT2D eigenvalue weighted by molar-refractivity contribution is 0.121. The minimum atomic E-state index is -0.313. The molecule has 1 nitrogen and oxygen atoms in total. The van der Waals surface area contributed by atoms with Gasteiger partial charge in [0.1, 0.15) is 10.8 Å². The SMILES string of the molecule is C/C=C/CCC1CCC(C2CCC(C3CC=C(c4ccc(OCCCC)c(Cl)c4F)CC3)CC2)CC1. The first-order valence-electron chi connectivity index (χ1n) is 15.0. The van der Waals surface area contributed by atoms with Crippen LogP contribution < -0.4 is 4.74 Å². The van der Waals surface area contributed by atoms with Gasteiger partial charge in [0, 0.05) is 5.56 Å². The lowest BCUT2D eigenvalue weighted by Gasteiger charge is -2.40. The van der Waals surface area contributed by atoms with Crippen molar-refractivity contribution in [3.8, 4) is 5.75 Å². The molecule has 1 aromatic rings. The molecule has 1 unspecified atom stereocenters. The topological polar surface area (TPSA) is 9.23 Å². The molecule has 0 N–H and O–H groups in total. The van der Waals surface area contributed by atoms with Gasteiger partial charge in [0.2, 0.25) is 0 Å². The molecule has 36 heavy (non-hydrogen) atoms. The maximum Gasteiger partial charge on any atom is 0.153 e. The quantitative estimate of drug-likeness (QED) is 0.223. The molecule has 3 aliphatic carbocycles. The van der Waals surface area contributed by atoms with Crippen molar-refractivity contribution in [2.75, 3.05) is 6.61 Å². The van der Waals surface area contributed by atoms with Crippen LogP contribution in [-0.4, -0.2) is 6.61 Å². The second-order valence-corrected chi connectivity index (χ2v) is 12.2. The zero-order valence-electron chi connectivity index (χ0n) is 22.8. The molecule has 0 radical (unpaired) electrons. The van der Waals surface area contributed by atoms with E-state index in [1.807, 2.05) is 12.1 Å². The average molecular weight is 515 g/mol. The first-order chi connectivity index (χ1) is 17.6. The first kappa shape index (κ1) is 27.7. The van der Waals surface area contributed by atoms with Gasteiger partial charge in [0.25, 0.3) is 0 Å². The van der Waals surface area contributed by atoms with Gasteiger partial charge >= 0.3 is 0 Å². The van der Waals surface area contributed by atoms with E-state index in [0.717, 1.165) is 60.8 Å². The second kappa shape index (κ2) is 14.0. The largest absolute Gasteiger partial charge is 0.492 e. The standard InChI is InChI=1S/C33H48ClFO/c1-3-5-7-8-24-9-11-25(12-10-24)26-13-15-27(16-14-26)28-17-19-29(20-18-28)30-21-22-31(32(34)33(30)35)36-23-6-4-2/h3,5,19,21-22,24-28H,4,6-18,20,23H2,1-2H3/b5-3+. The van der Waals surface area contributed by atoms with Crippen molar-refractivity contribution in [1.29, 1.82) is 0 Å². The smallest absolute Gasteiger partial charge is 0.153 e. The fraction of sp³-hybridized carbons (Fsp3) is 0.697. The molecule has 1 atom stereocenters. The van der Waals surface area contributed by atoms with Gasteiger partial charge in [0.15, 0.2) is 5.82 Å². The van der Waals surface area contributed by atoms with Crippen LogP contribution in [0.25, 0.3) is 5.57 Å². The summed E-state index contributed by atoms with van der Waals surface area (Å²) in [5.74, 6) is 4.73. The summed E-state index contributed by atoms with van der Waals surface area (Å²) in [5, 5.41) is 0.136. The number of benzene rings is 1. The maximum absolute atomic E-state index is 15.1. The van der Waals surface area contributed by atoms with Gasteiger partial charge in [-0.15, -0.1) is 0 Å². The number of ether oxygens (including phenoxy) is 1. The zero-order chi connectivity index (χ0) is 25.3. The second-order valence-electron chi connectivity index (χ2n) is 11.8. The average Bonchev–Trinajstić information content (AvgIpc) is 2.92. The van der Waals surface area contributed by atoms with E-state index in [1.165, 1.54) is 70.6 Å². The molecule has 3 aliphatic rings. The highest BCUT2D eigenvalue weighted by Crippen LogP contribution is 2.46. The van der Waals surface area contributed by atoms with Crippen molar-refractivity contribution in [1.82, 2.24) is 0 Å². The number of hydrogen-bond donors (Lipinski definition) is 0. The summed E-state index contributed by atoms with van der Waals surface area (Å²) in [5.41, 5.74) is 1.80. The summed E-state index contributed by atoms with van der Waals surface area (Å²) in [6.45, 7) is 4.83. The van der Waals surface area contributed by atoms with Crippen LogP contribution in [0.3, 0.4) is 0 Å². The third-order valence-corrected chi connectivity index (χ3v) is 9.97. The molecule has 0 aliphatic heterocycles. The molecule has 4 rings (SSSR count). The van der Waals surface area contributed by atoms with E-state index >= 15 is 4.39 Å². The molecule has 200 valence electrons. The van der Waals surface area contributed by atoms with Gasteiger partial charge in [-0.25, -0.2) is 4.39 Å². The Balaban J connectivity index is 1.23. The highest BCUT2D eigenvalue weighted by molar-refractivity contribution is 6.32. The van der Waals surface area contributed by atoms with Crippen molar-refractivity contribution in [3.05, 3.63) is 46.8 Å². The Labute approximate surface area is 224 Å². The summed E-state index contributed by atoms with van der Waals surface area (Å²) >= 11 is 6.33. The highest BCUT2D eigenvalue weighted by atomic mass is 35.5. The normalized spacial score (nSPS) is 29.3. The van der Waals surface area contributed by atoms with Crippen LogP contribution in [0.2, 0.25) is 5.02 Å². The number of rotatable bonds is 10. The van der Waals surface area contributed by atoms with Gasteiger partial charge in [-0.1, -0.05) is 56.0 Å². The van der Waals surface area contributed by atoms with Crippen molar-refractivity contribution >= 4 is 17.2 Å².